The monoisotopic (exact) mass is 301 g/mol. The highest BCUT2D eigenvalue weighted by Crippen LogP contribution is 2.27. The van der Waals surface area contributed by atoms with Crippen LogP contribution in [0.2, 0.25) is 0 Å². The lowest BCUT2D eigenvalue weighted by Crippen LogP contribution is -2.41. The standard InChI is InChI=1S/C17H23N3O2/c1-14-3-5-16(6-4-14)22-13-17(21-2)8-10-20(12-17)11-15-7-9-18-19-15/h3-7,9H,8,10-13H2,1-2H3,(H,18,19). The Hall–Kier alpha value is -1.85. The molecule has 1 aliphatic rings. The maximum Gasteiger partial charge on any atom is 0.119 e. The van der Waals surface area contributed by atoms with Crippen LogP contribution in [0.5, 0.6) is 5.75 Å². The van der Waals surface area contributed by atoms with Crippen molar-refractivity contribution >= 4 is 0 Å². The van der Waals surface area contributed by atoms with E-state index in [4.69, 9.17) is 9.47 Å². The van der Waals surface area contributed by atoms with Gasteiger partial charge in [-0.05, 0) is 31.5 Å². The fraction of sp³-hybridized carbons (Fsp3) is 0.471. The predicted molar refractivity (Wildman–Crippen MR) is 84.9 cm³/mol. The molecule has 1 unspecified atom stereocenters. The van der Waals surface area contributed by atoms with Crippen LogP contribution in [0.25, 0.3) is 0 Å². The Balaban J connectivity index is 1.57. The third kappa shape index (κ3) is 3.48. The molecule has 0 amide bonds. The van der Waals surface area contributed by atoms with Gasteiger partial charge in [0.2, 0.25) is 0 Å². The van der Waals surface area contributed by atoms with Gasteiger partial charge in [-0.15, -0.1) is 0 Å². The average Bonchev–Trinajstić information content (AvgIpc) is 3.18. The lowest BCUT2D eigenvalue weighted by Gasteiger charge is -2.28. The van der Waals surface area contributed by atoms with Crippen molar-refractivity contribution in [3.63, 3.8) is 0 Å². The molecule has 1 atom stereocenters. The summed E-state index contributed by atoms with van der Waals surface area (Å²) >= 11 is 0. The molecule has 1 fully saturated rings. The lowest BCUT2D eigenvalue weighted by atomic mass is 10.0. The van der Waals surface area contributed by atoms with Gasteiger partial charge < -0.3 is 9.47 Å². The van der Waals surface area contributed by atoms with Crippen LogP contribution in [0.4, 0.5) is 0 Å². The number of nitrogens with zero attached hydrogens (tertiary/aromatic N) is 2. The molecule has 3 rings (SSSR count). The van der Waals surface area contributed by atoms with E-state index in [9.17, 15) is 0 Å². The third-order valence-electron chi connectivity index (χ3n) is 4.30. The van der Waals surface area contributed by atoms with Crippen LogP contribution < -0.4 is 4.74 Å². The summed E-state index contributed by atoms with van der Waals surface area (Å²) in [5.74, 6) is 0.897. The minimum absolute atomic E-state index is 0.231. The molecule has 2 heterocycles. The Labute approximate surface area is 131 Å². The first-order chi connectivity index (χ1) is 10.7. The molecule has 0 saturated carbocycles. The van der Waals surface area contributed by atoms with Crippen molar-refractivity contribution in [1.82, 2.24) is 15.1 Å². The number of H-pyrrole nitrogens is 1. The van der Waals surface area contributed by atoms with Crippen LogP contribution in [0.15, 0.2) is 36.5 Å². The maximum absolute atomic E-state index is 5.95. The van der Waals surface area contributed by atoms with Gasteiger partial charge in [0.25, 0.3) is 0 Å². The average molecular weight is 301 g/mol. The van der Waals surface area contributed by atoms with E-state index in [0.717, 1.165) is 37.5 Å². The second kappa shape index (κ2) is 6.50. The fourth-order valence-corrected chi connectivity index (χ4v) is 2.87. The number of hydrogen-bond donors (Lipinski definition) is 1. The first-order valence-corrected chi connectivity index (χ1v) is 7.64. The summed E-state index contributed by atoms with van der Waals surface area (Å²) in [6.07, 6.45) is 2.76. The van der Waals surface area contributed by atoms with Crippen LogP contribution in [-0.2, 0) is 11.3 Å². The molecule has 1 aliphatic heterocycles. The quantitative estimate of drug-likeness (QED) is 0.890. The van der Waals surface area contributed by atoms with Crippen molar-refractivity contribution < 1.29 is 9.47 Å². The van der Waals surface area contributed by atoms with E-state index in [1.54, 1.807) is 13.3 Å². The molecule has 5 nitrogen and oxygen atoms in total. The number of aromatic nitrogens is 2. The Kier molecular flexibility index (Phi) is 4.45. The van der Waals surface area contributed by atoms with Crippen LogP contribution in [0, 0.1) is 6.92 Å². The molecule has 1 aromatic heterocycles. The number of methoxy groups -OCH3 is 1. The van der Waals surface area contributed by atoms with Crippen LogP contribution in [-0.4, -0.2) is 47.5 Å². The van der Waals surface area contributed by atoms with Gasteiger partial charge in [0.15, 0.2) is 0 Å². The van der Waals surface area contributed by atoms with E-state index in [1.165, 1.54) is 5.56 Å². The molecule has 0 spiro atoms. The molecule has 0 radical (unpaired) electrons. The Morgan fingerprint density at radius 2 is 2.09 bits per heavy atom. The number of ether oxygens (including phenoxy) is 2. The van der Waals surface area contributed by atoms with E-state index in [-0.39, 0.29) is 5.60 Å². The zero-order valence-electron chi connectivity index (χ0n) is 13.2. The van der Waals surface area contributed by atoms with Crippen molar-refractivity contribution in [1.29, 1.82) is 0 Å². The van der Waals surface area contributed by atoms with Gasteiger partial charge in [0, 0.05) is 38.6 Å². The zero-order valence-corrected chi connectivity index (χ0v) is 13.2. The van der Waals surface area contributed by atoms with Gasteiger partial charge >= 0.3 is 0 Å². The van der Waals surface area contributed by atoms with Crippen molar-refractivity contribution in [3.05, 3.63) is 47.8 Å². The van der Waals surface area contributed by atoms with E-state index in [0.29, 0.717) is 6.61 Å². The minimum atomic E-state index is -0.231. The number of aromatic amines is 1. The van der Waals surface area contributed by atoms with Gasteiger partial charge in [0.1, 0.15) is 18.0 Å². The third-order valence-corrected chi connectivity index (χ3v) is 4.30. The summed E-state index contributed by atoms with van der Waals surface area (Å²) in [5, 5.41) is 7.01. The number of aryl methyl sites for hydroxylation is 1. The normalized spacial score (nSPS) is 22.1. The lowest BCUT2D eigenvalue weighted by molar-refractivity contribution is -0.0360. The number of likely N-dealkylation sites (tertiary alicyclic amines) is 1. The first-order valence-electron chi connectivity index (χ1n) is 7.64. The van der Waals surface area contributed by atoms with Gasteiger partial charge in [-0.1, -0.05) is 17.7 Å². The van der Waals surface area contributed by atoms with E-state index in [2.05, 4.69) is 34.2 Å². The van der Waals surface area contributed by atoms with E-state index in [1.807, 2.05) is 18.2 Å². The summed E-state index contributed by atoms with van der Waals surface area (Å²) in [6, 6.07) is 10.2. The summed E-state index contributed by atoms with van der Waals surface area (Å²) in [5.41, 5.74) is 2.14. The molecule has 22 heavy (non-hydrogen) atoms. The highest BCUT2D eigenvalue weighted by atomic mass is 16.5. The van der Waals surface area contributed by atoms with E-state index >= 15 is 0 Å². The Morgan fingerprint density at radius 1 is 1.27 bits per heavy atom. The SMILES string of the molecule is COC1(COc2ccc(C)cc2)CCN(Cc2ccn[nH]2)C1. The molecule has 1 saturated heterocycles. The summed E-state index contributed by atoms with van der Waals surface area (Å²) in [6.45, 7) is 5.39. The molecule has 1 aromatic carbocycles. The van der Waals surface area contributed by atoms with Crippen LogP contribution in [0.3, 0.4) is 0 Å². The van der Waals surface area contributed by atoms with Crippen LogP contribution in [0.1, 0.15) is 17.7 Å². The maximum atomic E-state index is 5.95. The van der Waals surface area contributed by atoms with Crippen molar-refractivity contribution in [3.8, 4) is 5.75 Å². The second-order valence-electron chi connectivity index (χ2n) is 6.03. The number of hydrogen-bond acceptors (Lipinski definition) is 4. The van der Waals surface area contributed by atoms with E-state index < -0.39 is 0 Å². The van der Waals surface area contributed by atoms with Crippen molar-refractivity contribution in [2.45, 2.75) is 25.5 Å². The first kappa shape index (κ1) is 15.1. The zero-order chi connectivity index (χ0) is 15.4. The molecule has 0 bridgehead atoms. The molecule has 118 valence electrons. The van der Waals surface area contributed by atoms with Gasteiger partial charge in [-0.25, -0.2) is 0 Å². The highest BCUT2D eigenvalue weighted by molar-refractivity contribution is 5.26. The number of nitrogens with one attached hydrogen (secondary N) is 1. The Morgan fingerprint density at radius 3 is 2.77 bits per heavy atom. The Bertz CT molecular complexity index is 582. The van der Waals surface area contributed by atoms with Gasteiger partial charge in [-0.3, -0.25) is 10.00 Å². The fourth-order valence-electron chi connectivity index (χ4n) is 2.87. The smallest absolute Gasteiger partial charge is 0.119 e. The van der Waals surface area contributed by atoms with Gasteiger partial charge in [-0.2, -0.15) is 5.10 Å². The molecule has 2 aromatic rings. The molecule has 5 heteroatoms. The number of benzene rings is 1. The van der Waals surface area contributed by atoms with Crippen molar-refractivity contribution in [2.75, 3.05) is 26.8 Å². The summed E-state index contributed by atoms with van der Waals surface area (Å²) in [7, 11) is 1.78. The second-order valence-corrected chi connectivity index (χ2v) is 6.03. The van der Waals surface area contributed by atoms with Crippen LogP contribution >= 0.6 is 0 Å². The molecular formula is C17H23N3O2. The highest BCUT2D eigenvalue weighted by Gasteiger charge is 2.39. The minimum Gasteiger partial charge on any atom is -0.491 e. The molecular weight excluding hydrogens is 278 g/mol. The van der Waals surface area contributed by atoms with Gasteiger partial charge in [0.05, 0.1) is 0 Å². The number of rotatable bonds is 6. The molecule has 0 aliphatic carbocycles. The summed E-state index contributed by atoms with van der Waals surface area (Å²) < 4.78 is 11.8. The topological polar surface area (TPSA) is 50.4 Å². The molecule has 1 N–H and O–H groups in total. The largest absolute Gasteiger partial charge is 0.491 e. The van der Waals surface area contributed by atoms with Crippen molar-refractivity contribution in [2.24, 2.45) is 0 Å². The predicted octanol–water partition coefficient (Wildman–Crippen LogP) is 2.39. The summed E-state index contributed by atoms with van der Waals surface area (Å²) in [4.78, 5) is 2.37.